The Morgan fingerprint density at radius 3 is 3.11 bits per heavy atom. The first-order valence-electron chi connectivity index (χ1n) is 6.17. The van der Waals surface area contributed by atoms with Crippen molar-refractivity contribution in [2.24, 2.45) is 0 Å². The smallest absolute Gasteiger partial charge is 0.270 e. The van der Waals surface area contributed by atoms with Crippen molar-refractivity contribution < 1.29 is 4.92 Å². The van der Waals surface area contributed by atoms with Crippen LogP contribution in [0.1, 0.15) is 24.6 Å². The number of benzene rings is 1. The second-order valence-corrected chi connectivity index (χ2v) is 5.39. The van der Waals surface area contributed by atoms with Gasteiger partial charge in [0.2, 0.25) is 0 Å². The summed E-state index contributed by atoms with van der Waals surface area (Å²) in [5.41, 5.74) is 1.96. The number of nitrogens with one attached hydrogen (secondary N) is 1. The molecule has 0 bridgehead atoms. The normalized spacial score (nSPS) is 18.6. The van der Waals surface area contributed by atoms with Crippen molar-refractivity contribution >= 4 is 17.0 Å². The monoisotopic (exact) mass is 275 g/mol. The van der Waals surface area contributed by atoms with E-state index in [1.165, 1.54) is 23.8 Å². The van der Waals surface area contributed by atoms with Crippen molar-refractivity contribution in [3.8, 4) is 10.6 Å². The average Bonchev–Trinajstić information content (AvgIpc) is 3.09. The zero-order valence-corrected chi connectivity index (χ0v) is 11.0. The minimum absolute atomic E-state index is 0.105. The maximum atomic E-state index is 10.8. The molecule has 19 heavy (non-hydrogen) atoms. The Morgan fingerprint density at radius 1 is 1.47 bits per heavy atom. The Morgan fingerprint density at radius 2 is 2.37 bits per heavy atom. The Hall–Kier alpha value is -1.79. The van der Waals surface area contributed by atoms with Gasteiger partial charge in [-0.15, -0.1) is 11.3 Å². The molecule has 2 aromatic rings. The molecule has 2 heterocycles. The number of rotatable bonds is 3. The second-order valence-electron chi connectivity index (χ2n) is 4.53. The van der Waals surface area contributed by atoms with Crippen molar-refractivity contribution in [3.05, 3.63) is 45.5 Å². The highest BCUT2D eigenvalue weighted by atomic mass is 32.1. The molecule has 1 N–H and O–H groups in total. The molecule has 1 aliphatic heterocycles. The molecule has 0 radical (unpaired) electrons. The van der Waals surface area contributed by atoms with Gasteiger partial charge in [-0.05, 0) is 19.4 Å². The maximum absolute atomic E-state index is 10.8. The van der Waals surface area contributed by atoms with E-state index in [-0.39, 0.29) is 10.6 Å². The number of nitro groups is 1. The van der Waals surface area contributed by atoms with Crippen molar-refractivity contribution in [1.29, 1.82) is 0 Å². The van der Waals surface area contributed by atoms with E-state index in [1.807, 2.05) is 11.4 Å². The Bertz CT molecular complexity index is 605. The maximum Gasteiger partial charge on any atom is 0.270 e. The van der Waals surface area contributed by atoms with Gasteiger partial charge in [-0.3, -0.25) is 10.1 Å². The molecule has 0 amide bonds. The van der Waals surface area contributed by atoms with E-state index in [4.69, 9.17) is 0 Å². The Labute approximate surface area is 114 Å². The van der Waals surface area contributed by atoms with Crippen LogP contribution in [0, 0.1) is 10.1 Å². The highest BCUT2D eigenvalue weighted by Gasteiger charge is 2.19. The van der Waals surface area contributed by atoms with Crippen LogP contribution < -0.4 is 5.32 Å². The number of hydrogen-bond donors (Lipinski definition) is 1. The summed E-state index contributed by atoms with van der Waals surface area (Å²) in [6, 6.07) is 6.96. The van der Waals surface area contributed by atoms with Crippen LogP contribution in [0.15, 0.2) is 29.6 Å². The molecule has 0 unspecified atom stereocenters. The first-order chi connectivity index (χ1) is 9.24. The molecule has 0 aliphatic carbocycles. The predicted octanol–water partition coefficient (Wildman–Crippen LogP) is 3.14. The number of thiazole rings is 1. The van der Waals surface area contributed by atoms with Gasteiger partial charge in [0.15, 0.2) is 0 Å². The SMILES string of the molecule is O=[N+]([O-])c1cccc(-c2nc([C@@H]3CCCN3)cs2)c1. The van der Waals surface area contributed by atoms with E-state index < -0.39 is 0 Å². The van der Waals surface area contributed by atoms with Gasteiger partial charge in [0.25, 0.3) is 5.69 Å². The van der Waals surface area contributed by atoms with Gasteiger partial charge in [0, 0.05) is 23.1 Å². The molecule has 6 heteroatoms. The highest BCUT2D eigenvalue weighted by Crippen LogP contribution is 2.30. The average molecular weight is 275 g/mol. The van der Waals surface area contributed by atoms with Crippen LogP contribution in [-0.2, 0) is 0 Å². The van der Waals surface area contributed by atoms with Crippen molar-refractivity contribution in [2.45, 2.75) is 18.9 Å². The Kier molecular flexibility index (Phi) is 3.27. The van der Waals surface area contributed by atoms with Crippen LogP contribution in [0.2, 0.25) is 0 Å². The van der Waals surface area contributed by atoms with Gasteiger partial charge >= 0.3 is 0 Å². The third-order valence-corrected chi connectivity index (χ3v) is 4.15. The molecule has 0 spiro atoms. The standard InChI is InChI=1S/C13H13N3O2S/c17-16(18)10-4-1-3-9(7-10)13-15-12(8-19-13)11-5-2-6-14-11/h1,3-4,7-8,11,14H,2,5-6H2/t11-/m0/s1. The molecule has 0 saturated carbocycles. The third-order valence-electron chi connectivity index (χ3n) is 3.24. The van der Waals surface area contributed by atoms with Gasteiger partial charge in [-0.2, -0.15) is 0 Å². The van der Waals surface area contributed by atoms with Crippen LogP contribution in [-0.4, -0.2) is 16.5 Å². The van der Waals surface area contributed by atoms with Gasteiger partial charge in [-0.25, -0.2) is 4.98 Å². The third kappa shape index (κ3) is 2.50. The summed E-state index contributed by atoms with van der Waals surface area (Å²) in [7, 11) is 0. The lowest BCUT2D eigenvalue weighted by atomic mass is 10.2. The lowest BCUT2D eigenvalue weighted by molar-refractivity contribution is -0.384. The van der Waals surface area contributed by atoms with Gasteiger partial charge in [0.1, 0.15) is 5.01 Å². The van der Waals surface area contributed by atoms with Gasteiger partial charge in [0.05, 0.1) is 16.7 Å². The molecule has 5 nitrogen and oxygen atoms in total. The van der Waals surface area contributed by atoms with E-state index in [1.54, 1.807) is 12.1 Å². The number of nitro benzene ring substituents is 1. The predicted molar refractivity (Wildman–Crippen MR) is 74.2 cm³/mol. The molecular formula is C13H13N3O2S. The Balaban J connectivity index is 1.89. The lowest BCUT2D eigenvalue weighted by Crippen LogP contribution is -2.12. The van der Waals surface area contributed by atoms with Gasteiger partial charge < -0.3 is 5.32 Å². The molecule has 1 aromatic heterocycles. The zero-order valence-electron chi connectivity index (χ0n) is 10.2. The number of aromatic nitrogens is 1. The summed E-state index contributed by atoms with van der Waals surface area (Å²) in [5, 5.41) is 17.1. The van der Waals surface area contributed by atoms with Crippen molar-refractivity contribution in [3.63, 3.8) is 0 Å². The highest BCUT2D eigenvalue weighted by molar-refractivity contribution is 7.13. The summed E-state index contributed by atoms with van der Waals surface area (Å²) in [4.78, 5) is 15.0. The van der Waals surface area contributed by atoms with E-state index in [9.17, 15) is 10.1 Å². The quantitative estimate of drug-likeness (QED) is 0.690. The second kappa shape index (κ2) is 5.07. The number of nitrogens with zero attached hydrogens (tertiary/aromatic N) is 2. The summed E-state index contributed by atoms with van der Waals surface area (Å²) in [5.74, 6) is 0. The van der Waals surface area contributed by atoms with Crippen LogP contribution in [0.3, 0.4) is 0 Å². The molecule has 1 atom stereocenters. The van der Waals surface area contributed by atoms with E-state index >= 15 is 0 Å². The lowest BCUT2D eigenvalue weighted by Gasteiger charge is -2.04. The fraction of sp³-hybridized carbons (Fsp3) is 0.308. The molecule has 1 saturated heterocycles. The number of hydrogen-bond acceptors (Lipinski definition) is 5. The summed E-state index contributed by atoms with van der Waals surface area (Å²) in [6.45, 7) is 1.04. The van der Waals surface area contributed by atoms with Crippen LogP contribution in [0.5, 0.6) is 0 Å². The molecule has 1 aliphatic rings. The minimum atomic E-state index is -0.378. The summed E-state index contributed by atoms with van der Waals surface area (Å²) in [6.07, 6.45) is 2.28. The largest absolute Gasteiger partial charge is 0.309 e. The first-order valence-corrected chi connectivity index (χ1v) is 7.05. The minimum Gasteiger partial charge on any atom is -0.309 e. The molecule has 1 aromatic carbocycles. The topological polar surface area (TPSA) is 68.1 Å². The van der Waals surface area contributed by atoms with E-state index in [0.29, 0.717) is 6.04 Å². The fourth-order valence-corrected chi connectivity index (χ4v) is 3.14. The molecule has 98 valence electrons. The van der Waals surface area contributed by atoms with E-state index in [0.717, 1.165) is 29.2 Å². The van der Waals surface area contributed by atoms with Gasteiger partial charge in [-0.1, -0.05) is 12.1 Å². The molecular weight excluding hydrogens is 262 g/mol. The molecule has 1 fully saturated rings. The first kappa shape index (κ1) is 12.3. The number of non-ortho nitro benzene ring substituents is 1. The molecule has 3 rings (SSSR count). The van der Waals surface area contributed by atoms with E-state index in [2.05, 4.69) is 10.3 Å². The van der Waals surface area contributed by atoms with Crippen molar-refractivity contribution in [2.75, 3.05) is 6.54 Å². The van der Waals surface area contributed by atoms with Crippen molar-refractivity contribution in [1.82, 2.24) is 10.3 Å². The van der Waals surface area contributed by atoms with Crippen LogP contribution in [0.4, 0.5) is 5.69 Å². The fourth-order valence-electron chi connectivity index (χ4n) is 2.27. The summed E-state index contributed by atoms with van der Waals surface area (Å²) >= 11 is 1.54. The van der Waals surface area contributed by atoms with Crippen LogP contribution in [0.25, 0.3) is 10.6 Å². The van der Waals surface area contributed by atoms with Crippen LogP contribution >= 0.6 is 11.3 Å². The zero-order chi connectivity index (χ0) is 13.2. The summed E-state index contributed by atoms with van der Waals surface area (Å²) < 4.78 is 0.